The summed E-state index contributed by atoms with van der Waals surface area (Å²) in [7, 11) is 0. The van der Waals surface area contributed by atoms with Crippen LogP contribution in [0.4, 0.5) is 20.2 Å². The molecule has 4 nitrogen and oxygen atoms in total. The van der Waals surface area contributed by atoms with Crippen molar-refractivity contribution in [3.63, 3.8) is 0 Å². The first-order valence-electron chi connectivity index (χ1n) is 10.2. The molecule has 31 heavy (non-hydrogen) atoms. The number of hydrogen-bond acceptors (Lipinski definition) is 4. The largest absolute Gasteiger partial charge is 0.355 e. The third-order valence-corrected chi connectivity index (χ3v) is 5.95. The number of amides is 1. The molecule has 0 saturated carbocycles. The molecule has 2 heterocycles. The van der Waals surface area contributed by atoms with Crippen molar-refractivity contribution in [1.82, 2.24) is 9.88 Å². The zero-order valence-electron chi connectivity index (χ0n) is 17.1. The summed E-state index contributed by atoms with van der Waals surface area (Å²) in [6.45, 7) is 3.02. The lowest BCUT2D eigenvalue weighted by molar-refractivity contribution is 0.0713. The van der Waals surface area contributed by atoms with Crippen LogP contribution in [0, 0.1) is 18.6 Å². The Morgan fingerprint density at radius 3 is 2.39 bits per heavy atom. The van der Waals surface area contributed by atoms with E-state index in [0.717, 1.165) is 24.0 Å². The summed E-state index contributed by atoms with van der Waals surface area (Å²) in [6.07, 6.45) is 3.16. The van der Waals surface area contributed by atoms with Crippen molar-refractivity contribution in [1.29, 1.82) is 0 Å². The van der Waals surface area contributed by atoms with Crippen LogP contribution >= 0.6 is 12.6 Å². The Bertz CT molecular complexity index is 1100. The Hall–Kier alpha value is -2.93. The molecule has 0 radical (unpaired) electrons. The summed E-state index contributed by atoms with van der Waals surface area (Å²) in [6, 6.07) is 12.8. The minimum Gasteiger partial charge on any atom is -0.355 e. The van der Waals surface area contributed by atoms with E-state index < -0.39 is 0 Å². The third-order valence-electron chi connectivity index (χ3n) is 5.70. The normalized spacial score (nSPS) is 14.5. The maximum absolute atomic E-state index is 13.4. The molecule has 4 rings (SSSR count). The quantitative estimate of drug-likeness (QED) is 0.511. The van der Waals surface area contributed by atoms with Crippen LogP contribution in [-0.4, -0.2) is 28.9 Å². The van der Waals surface area contributed by atoms with Gasteiger partial charge in [-0.2, -0.15) is 0 Å². The molecule has 3 aromatic rings. The van der Waals surface area contributed by atoms with Crippen LogP contribution in [0.5, 0.6) is 0 Å². The van der Waals surface area contributed by atoms with E-state index in [1.165, 1.54) is 30.5 Å². The maximum atomic E-state index is 13.4. The zero-order chi connectivity index (χ0) is 22.0. The lowest BCUT2D eigenvalue weighted by Crippen LogP contribution is -2.38. The number of aryl methyl sites for hydroxylation is 1. The Morgan fingerprint density at radius 2 is 1.71 bits per heavy atom. The van der Waals surface area contributed by atoms with E-state index in [2.05, 4.69) is 22.9 Å². The second kappa shape index (κ2) is 9.06. The first kappa shape index (κ1) is 21.3. The number of anilines is 2. The molecule has 0 unspecified atom stereocenters. The van der Waals surface area contributed by atoms with Gasteiger partial charge in [-0.05, 0) is 73.2 Å². The molecule has 160 valence electrons. The smallest absolute Gasteiger partial charge is 0.257 e. The number of carbonyl (C=O) groups is 1. The first-order chi connectivity index (χ1) is 14.9. The van der Waals surface area contributed by atoms with Gasteiger partial charge in [-0.3, -0.25) is 4.79 Å². The minimum absolute atomic E-state index is 0.111. The molecule has 7 heteroatoms. The number of carbonyl (C=O) groups excluding carboxylic acids is 1. The second-order valence-corrected chi connectivity index (χ2v) is 8.25. The predicted molar refractivity (Wildman–Crippen MR) is 120 cm³/mol. The molecule has 1 fully saturated rings. The molecule has 1 N–H and O–H groups in total. The van der Waals surface area contributed by atoms with Crippen molar-refractivity contribution in [3.8, 4) is 0 Å². The van der Waals surface area contributed by atoms with E-state index in [1.807, 2.05) is 17.0 Å². The average Bonchev–Trinajstić information content (AvgIpc) is 2.76. The minimum atomic E-state index is -0.312. The number of piperidine rings is 1. The molecule has 1 aromatic heterocycles. The van der Waals surface area contributed by atoms with Crippen molar-refractivity contribution in [2.45, 2.75) is 30.7 Å². The predicted octanol–water partition coefficient (Wildman–Crippen LogP) is 5.72. The van der Waals surface area contributed by atoms with Gasteiger partial charge < -0.3 is 10.2 Å². The van der Waals surface area contributed by atoms with E-state index in [9.17, 15) is 13.6 Å². The number of thiol groups is 1. The van der Waals surface area contributed by atoms with E-state index in [4.69, 9.17) is 0 Å². The number of aromatic nitrogens is 1. The molecular formula is C24H23F2N3OS. The Morgan fingerprint density at radius 1 is 1.03 bits per heavy atom. The van der Waals surface area contributed by atoms with Gasteiger partial charge in [0, 0.05) is 25.0 Å². The Labute approximate surface area is 185 Å². The molecule has 0 aliphatic carbocycles. The summed E-state index contributed by atoms with van der Waals surface area (Å²) < 4.78 is 26.6. The molecule has 0 spiro atoms. The summed E-state index contributed by atoms with van der Waals surface area (Å²) in [4.78, 5) is 19.3. The van der Waals surface area contributed by atoms with E-state index >= 15 is 0 Å². The van der Waals surface area contributed by atoms with Crippen molar-refractivity contribution >= 4 is 29.9 Å². The molecule has 1 aliphatic rings. The Kier molecular flexibility index (Phi) is 6.23. The highest BCUT2D eigenvalue weighted by molar-refractivity contribution is 7.80. The van der Waals surface area contributed by atoms with Crippen LogP contribution < -0.4 is 5.32 Å². The van der Waals surface area contributed by atoms with Gasteiger partial charge in [0.05, 0.1) is 16.3 Å². The number of likely N-dealkylation sites (tertiary alicyclic amines) is 1. The van der Waals surface area contributed by atoms with Gasteiger partial charge >= 0.3 is 0 Å². The lowest BCUT2D eigenvalue weighted by Gasteiger charge is -2.32. The van der Waals surface area contributed by atoms with Crippen molar-refractivity contribution in [2.75, 3.05) is 18.4 Å². The van der Waals surface area contributed by atoms with Crippen LogP contribution in [0.3, 0.4) is 0 Å². The van der Waals surface area contributed by atoms with Crippen molar-refractivity contribution in [2.24, 2.45) is 0 Å². The summed E-state index contributed by atoms with van der Waals surface area (Å²) in [5, 5.41) is 3.71. The van der Waals surface area contributed by atoms with Crippen LogP contribution in [0.2, 0.25) is 0 Å². The third kappa shape index (κ3) is 4.88. The van der Waals surface area contributed by atoms with Gasteiger partial charge in [-0.15, -0.1) is 12.6 Å². The van der Waals surface area contributed by atoms with Gasteiger partial charge in [-0.25, -0.2) is 13.8 Å². The molecule has 1 amide bonds. The standard InChI is InChI=1S/C24H23F2N3OS/c1-15-12-19(26)6-7-21(15)28-22-13-23(31)27-14-20(22)24(30)29-10-8-17(9-11-29)16-2-4-18(25)5-3-16/h2-7,12-14,17H,8-11H2,1H3,(H2,27,28,31). The molecule has 0 bridgehead atoms. The van der Waals surface area contributed by atoms with Gasteiger partial charge in [0.1, 0.15) is 11.6 Å². The molecule has 0 atom stereocenters. The van der Waals surface area contributed by atoms with Gasteiger partial charge in [0.15, 0.2) is 0 Å². The highest BCUT2D eigenvalue weighted by Crippen LogP contribution is 2.31. The zero-order valence-corrected chi connectivity index (χ0v) is 18.0. The molecule has 1 aliphatic heterocycles. The van der Waals surface area contributed by atoms with E-state index in [-0.39, 0.29) is 17.5 Å². The van der Waals surface area contributed by atoms with Crippen molar-refractivity contribution in [3.05, 3.63) is 83.1 Å². The fourth-order valence-electron chi connectivity index (χ4n) is 3.95. The number of rotatable bonds is 4. The number of benzene rings is 2. The van der Waals surface area contributed by atoms with Crippen LogP contribution in [0.15, 0.2) is 59.8 Å². The summed E-state index contributed by atoms with van der Waals surface area (Å²) in [5.41, 5.74) is 3.58. The van der Waals surface area contributed by atoms with Crippen LogP contribution in [0.25, 0.3) is 0 Å². The van der Waals surface area contributed by atoms with Gasteiger partial charge in [0.25, 0.3) is 5.91 Å². The molecule has 1 saturated heterocycles. The first-order valence-corrected chi connectivity index (χ1v) is 10.6. The monoisotopic (exact) mass is 439 g/mol. The topological polar surface area (TPSA) is 45.2 Å². The lowest BCUT2D eigenvalue weighted by atomic mass is 9.89. The summed E-state index contributed by atoms with van der Waals surface area (Å²) >= 11 is 4.30. The van der Waals surface area contributed by atoms with E-state index in [1.54, 1.807) is 19.1 Å². The number of nitrogens with zero attached hydrogens (tertiary/aromatic N) is 2. The number of hydrogen-bond donors (Lipinski definition) is 2. The fourth-order valence-corrected chi connectivity index (χ4v) is 4.14. The number of pyridine rings is 1. The Balaban J connectivity index is 1.50. The SMILES string of the molecule is Cc1cc(F)ccc1Nc1cc(S)ncc1C(=O)N1CCC(c2ccc(F)cc2)CC1. The summed E-state index contributed by atoms with van der Waals surface area (Å²) in [5.74, 6) is -0.358. The number of nitrogens with one attached hydrogen (secondary N) is 1. The average molecular weight is 440 g/mol. The van der Waals surface area contributed by atoms with Crippen LogP contribution in [-0.2, 0) is 0 Å². The molecular weight excluding hydrogens is 416 g/mol. The van der Waals surface area contributed by atoms with E-state index in [0.29, 0.717) is 41.0 Å². The van der Waals surface area contributed by atoms with Gasteiger partial charge in [0.2, 0.25) is 0 Å². The second-order valence-electron chi connectivity index (χ2n) is 7.79. The van der Waals surface area contributed by atoms with Crippen LogP contribution in [0.1, 0.15) is 40.2 Å². The number of halogens is 2. The van der Waals surface area contributed by atoms with Crippen molar-refractivity contribution < 1.29 is 13.6 Å². The maximum Gasteiger partial charge on any atom is 0.257 e. The van der Waals surface area contributed by atoms with Gasteiger partial charge in [-0.1, -0.05) is 12.1 Å². The highest BCUT2D eigenvalue weighted by Gasteiger charge is 2.26. The fraction of sp³-hybridized carbons (Fsp3) is 0.250. The highest BCUT2D eigenvalue weighted by atomic mass is 32.1. The molecule has 2 aromatic carbocycles.